The second-order valence-corrected chi connectivity index (χ2v) is 9.67. The molecule has 1 aliphatic carbocycles. The number of anilines is 3. The molecule has 3 aliphatic heterocycles. The molecule has 1 unspecified atom stereocenters. The minimum Gasteiger partial charge on any atom is -0.383 e. The summed E-state index contributed by atoms with van der Waals surface area (Å²) in [5.41, 5.74) is 10.5. The molecule has 1 aromatic carbocycles. The number of benzene rings is 1. The fourth-order valence-electron chi connectivity index (χ4n) is 5.87. The fraction of sp³-hybridized carbons (Fsp3) is 0.400. The smallest absolute Gasteiger partial charge is 0.235 e. The maximum Gasteiger partial charge on any atom is 0.235 e. The number of aromatic nitrogens is 2. The molecule has 0 radical (unpaired) electrons. The normalized spacial score (nSPS) is 22.5. The minimum absolute atomic E-state index is 0.000964. The van der Waals surface area contributed by atoms with Gasteiger partial charge in [0.15, 0.2) is 0 Å². The molecule has 168 valence electrons. The Labute approximate surface area is 190 Å². The molecule has 3 N–H and O–H groups in total. The van der Waals surface area contributed by atoms with Gasteiger partial charge < -0.3 is 20.7 Å². The van der Waals surface area contributed by atoms with Gasteiger partial charge in [-0.2, -0.15) is 0 Å². The molecular formula is C25H24FN5O2. The van der Waals surface area contributed by atoms with Gasteiger partial charge in [-0.15, -0.1) is 0 Å². The van der Waals surface area contributed by atoms with Crippen molar-refractivity contribution in [1.82, 2.24) is 9.97 Å². The first-order valence-corrected chi connectivity index (χ1v) is 11.6. The van der Waals surface area contributed by atoms with Crippen molar-refractivity contribution in [3.8, 4) is 0 Å². The second kappa shape index (κ2) is 6.63. The Morgan fingerprint density at radius 1 is 1.18 bits per heavy atom. The maximum absolute atomic E-state index is 15.1. The Morgan fingerprint density at radius 3 is 2.88 bits per heavy atom. The van der Waals surface area contributed by atoms with Gasteiger partial charge in [-0.25, -0.2) is 14.4 Å². The highest BCUT2D eigenvalue weighted by molar-refractivity contribution is 6.08. The lowest BCUT2D eigenvalue weighted by atomic mass is 9.90. The third kappa shape index (κ3) is 2.67. The van der Waals surface area contributed by atoms with Crippen LogP contribution < -0.4 is 16.0 Å². The minimum atomic E-state index is -0.515. The van der Waals surface area contributed by atoms with E-state index in [-0.39, 0.29) is 17.8 Å². The molecule has 1 spiro atoms. The highest BCUT2D eigenvalue weighted by Crippen LogP contribution is 2.56. The number of ether oxygens (including phenoxy) is 1. The van der Waals surface area contributed by atoms with Crippen LogP contribution in [-0.2, 0) is 28.2 Å². The lowest BCUT2D eigenvalue weighted by molar-refractivity contribution is -0.117. The van der Waals surface area contributed by atoms with Gasteiger partial charge >= 0.3 is 0 Å². The topological polar surface area (TPSA) is 93.4 Å². The van der Waals surface area contributed by atoms with Crippen molar-refractivity contribution in [2.75, 3.05) is 22.5 Å². The zero-order valence-corrected chi connectivity index (χ0v) is 18.2. The molecule has 1 saturated carbocycles. The van der Waals surface area contributed by atoms with Gasteiger partial charge in [0, 0.05) is 17.5 Å². The third-order valence-electron chi connectivity index (χ3n) is 7.83. The number of pyridine rings is 2. The Balaban J connectivity index is 1.32. The van der Waals surface area contributed by atoms with E-state index in [0.717, 1.165) is 77.6 Å². The van der Waals surface area contributed by atoms with Crippen LogP contribution in [0, 0.1) is 5.82 Å². The molecule has 4 aliphatic rings. The van der Waals surface area contributed by atoms with E-state index in [4.69, 9.17) is 15.5 Å². The molecule has 1 atom stereocenters. The number of nitrogens with one attached hydrogen (secondary N) is 1. The van der Waals surface area contributed by atoms with E-state index < -0.39 is 5.41 Å². The van der Waals surface area contributed by atoms with E-state index in [1.54, 1.807) is 12.3 Å². The number of carbonyl (C=O) groups is 1. The summed E-state index contributed by atoms with van der Waals surface area (Å²) in [5, 5.41) is 3.78. The van der Waals surface area contributed by atoms with Gasteiger partial charge in [0.25, 0.3) is 0 Å². The quantitative estimate of drug-likeness (QED) is 0.617. The molecular weight excluding hydrogens is 421 g/mol. The molecule has 0 bridgehead atoms. The molecule has 8 heteroatoms. The van der Waals surface area contributed by atoms with Gasteiger partial charge in [-0.1, -0.05) is 6.07 Å². The van der Waals surface area contributed by atoms with E-state index in [1.807, 2.05) is 0 Å². The SMILES string of the molecule is Nc1nc2cnc(N3CCCCC3c3cc(F)c4c(c3)C3(CC3)C(=O)N4)cc2c2c1COC2. The van der Waals surface area contributed by atoms with Crippen LogP contribution in [-0.4, -0.2) is 22.4 Å². The Morgan fingerprint density at radius 2 is 2.03 bits per heavy atom. The standard InChI is InChI=1S/C25H24FN5O2/c26-18-8-13(7-17-22(18)30-24(32)25(17)4-5-25)20-3-1-2-6-31(20)21-9-14-15-11-33-12-16(15)23(27)29-19(14)10-28-21/h7-10,20H,1-6,11-12H2,(H2,27,29)(H,30,32). The first-order chi connectivity index (χ1) is 16.0. The average molecular weight is 445 g/mol. The highest BCUT2D eigenvalue weighted by atomic mass is 19.1. The number of nitrogens with two attached hydrogens (primary N) is 1. The number of nitrogens with zero attached hydrogens (tertiary/aromatic N) is 3. The van der Waals surface area contributed by atoms with Crippen LogP contribution in [0.25, 0.3) is 10.9 Å². The Bertz CT molecular complexity index is 1350. The summed E-state index contributed by atoms with van der Waals surface area (Å²) in [6.45, 7) is 1.84. The van der Waals surface area contributed by atoms with Crippen LogP contribution in [0.5, 0.6) is 0 Å². The molecule has 7 nitrogen and oxygen atoms in total. The van der Waals surface area contributed by atoms with Crippen molar-refractivity contribution < 1.29 is 13.9 Å². The zero-order chi connectivity index (χ0) is 22.3. The monoisotopic (exact) mass is 445 g/mol. The third-order valence-corrected chi connectivity index (χ3v) is 7.83. The van der Waals surface area contributed by atoms with E-state index in [2.05, 4.69) is 27.3 Å². The molecule has 3 aromatic rings. The number of hydrogen-bond acceptors (Lipinski definition) is 6. The molecule has 2 aromatic heterocycles. The van der Waals surface area contributed by atoms with Crippen molar-refractivity contribution in [2.24, 2.45) is 0 Å². The predicted octanol–water partition coefficient (Wildman–Crippen LogP) is 4.10. The van der Waals surface area contributed by atoms with E-state index >= 15 is 4.39 Å². The summed E-state index contributed by atoms with van der Waals surface area (Å²) in [6.07, 6.45) is 6.38. The van der Waals surface area contributed by atoms with Crippen LogP contribution in [0.4, 0.5) is 21.7 Å². The van der Waals surface area contributed by atoms with Gasteiger partial charge in [-0.05, 0) is 60.9 Å². The van der Waals surface area contributed by atoms with E-state index in [0.29, 0.717) is 24.7 Å². The van der Waals surface area contributed by atoms with Gasteiger partial charge in [0.05, 0.1) is 42.1 Å². The fourth-order valence-corrected chi connectivity index (χ4v) is 5.87. The molecule has 7 rings (SSSR count). The number of hydrogen-bond donors (Lipinski definition) is 2. The predicted molar refractivity (Wildman–Crippen MR) is 122 cm³/mol. The van der Waals surface area contributed by atoms with Crippen molar-refractivity contribution in [1.29, 1.82) is 0 Å². The number of fused-ring (bicyclic) bond motifs is 5. The maximum atomic E-state index is 15.1. The summed E-state index contributed by atoms with van der Waals surface area (Å²) in [4.78, 5) is 24.0. The Kier molecular flexibility index (Phi) is 3.87. The summed E-state index contributed by atoms with van der Waals surface area (Å²) in [5.74, 6) is 0.953. The summed E-state index contributed by atoms with van der Waals surface area (Å²) in [7, 11) is 0. The first-order valence-electron chi connectivity index (χ1n) is 11.6. The summed E-state index contributed by atoms with van der Waals surface area (Å²) < 4.78 is 20.7. The number of rotatable bonds is 2. The van der Waals surface area contributed by atoms with Gasteiger partial charge in [0.2, 0.25) is 5.91 Å². The van der Waals surface area contributed by atoms with Crippen molar-refractivity contribution >= 4 is 34.1 Å². The lowest BCUT2D eigenvalue weighted by Gasteiger charge is -2.37. The summed E-state index contributed by atoms with van der Waals surface area (Å²) >= 11 is 0. The molecule has 5 heterocycles. The van der Waals surface area contributed by atoms with E-state index in [9.17, 15) is 4.79 Å². The van der Waals surface area contributed by atoms with Crippen LogP contribution in [0.3, 0.4) is 0 Å². The molecule has 33 heavy (non-hydrogen) atoms. The number of nitrogen functional groups attached to an aromatic ring is 1. The van der Waals surface area contributed by atoms with E-state index in [1.165, 1.54) is 0 Å². The molecule has 1 saturated heterocycles. The highest BCUT2D eigenvalue weighted by Gasteiger charge is 2.57. The number of amides is 1. The number of carbonyl (C=O) groups excluding carboxylic acids is 1. The van der Waals surface area contributed by atoms with Gasteiger partial charge in [0.1, 0.15) is 17.5 Å². The van der Waals surface area contributed by atoms with Gasteiger partial charge in [-0.3, -0.25) is 4.79 Å². The number of piperidine rings is 1. The van der Waals surface area contributed by atoms with Crippen LogP contribution in [0.1, 0.15) is 60.4 Å². The number of halogens is 1. The average Bonchev–Trinajstić information content (AvgIpc) is 3.38. The molecule has 1 amide bonds. The van der Waals surface area contributed by atoms with Crippen molar-refractivity contribution in [3.63, 3.8) is 0 Å². The molecule has 2 fully saturated rings. The van der Waals surface area contributed by atoms with Crippen LogP contribution in [0.2, 0.25) is 0 Å². The van der Waals surface area contributed by atoms with Crippen molar-refractivity contribution in [3.05, 3.63) is 52.5 Å². The first kappa shape index (κ1) is 19.2. The zero-order valence-electron chi connectivity index (χ0n) is 18.2. The second-order valence-electron chi connectivity index (χ2n) is 9.67. The van der Waals surface area contributed by atoms with Crippen molar-refractivity contribution in [2.45, 2.75) is 56.8 Å². The summed E-state index contributed by atoms with van der Waals surface area (Å²) in [6, 6.07) is 5.73. The largest absolute Gasteiger partial charge is 0.383 e. The van der Waals surface area contributed by atoms with Crippen LogP contribution in [0.15, 0.2) is 24.4 Å². The Hall–Kier alpha value is -3.26. The van der Waals surface area contributed by atoms with Crippen LogP contribution >= 0.6 is 0 Å². The lowest BCUT2D eigenvalue weighted by Crippen LogP contribution is -2.34.